The standard InChI is InChI=1S/C18H19N5O2/c24-18(23-9-8-22-6-3-13(23)4-7-22)16-14-2-1-12(11-15(14)20-21-16)17-19-5-10-25-17/h1-2,5,10-11,13H,3-4,6-9H2,(H,20,21). The van der Waals surface area contributed by atoms with Crippen molar-refractivity contribution >= 4 is 16.8 Å². The first-order valence-electron chi connectivity index (χ1n) is 8.71. The highest BCUT2D eigenvalue weighted by molar-refractivity contribution is 6.05. The lowest BCUT2D eigenvalue weighted by Gasteiger charge is -2.31. The number of aromatic nitrogens is 3. The summed E-state index contributed by atoms with van der Waals surface area (Å²) in [6.07, 6.45) is 5.28. The third-order valence-corrected chi connectivity index (χ3v) is 5.36. The number of benzene rings is 1. The van der Waals surface area contributed by atoms with Crippen molar-refractivity contribution in [2.45, 2.75) is 18.9 Å². The minimum atomic E-state index is 0.0314. The number of amides is 1. The van der Waals surface area contributed by atoms with Crippen LogP contribution in [0.15, 0.2) is 35.1 Å². The number of fused-ring (bicyclic) bond motifs is 5. The van der Waals surface area contributed by atoms with Gasteiger partial charge in [-0.3, -0.25) is 9.89 Å². The average Bonchev–Trinajstić information content (AvgIpc) is 3.23. The van der Waals surface area contributed by atoms with Crippen LogP contribution in [0.5, 0.6) is 0 Å². The number of hydrogen-bond donors (Lipinski definition) is 1. The second-order valence-corrected chi connectivity index (χ2v) is 6.74. The van der Waals surface area contributed by atoms with E-state index in [4.69, 9.17) is 4.42 Å². The van der Waals surface area contributed by atoms with Gasteiger partial charge in [0.05, 0.1) is 11.7 Å². The van der Waals surface area contributed by atoms with Crippen LogP contribution in [0.25, 0.3) is 22.4 Å². The van der Waals surface area contributed by atoms with E-state index < -0.39 is 0 Å². The number of carbonyl (C=O) groups is 1. The van der Waals surface area contributed by atoms with Crippen molar-refractivity contribution in [3.63, 3.8) is 0 Å². The number of piperidine rings is 1. The number of rotatable bonds is 2. The van der Waals surface area contributed by atoms with Crippen molar-refractivity contribution in [1.29, 1.82) is 0 Å². The van der Waals surface area contributed by atoms with Gasteiger partial charge in [0.25, 0.3) is 5.91 Å². The first-order valence-corrected chi connectivity index (χ1v) is 8.71. The van der Waals surface area contributed by atoms with E-state index in [0.29, 0.717) is 17.6 Å². The van der Waals surface area contributed by atoms with Crippen molar-refractivity contribution < 1.29 is 9.21 Å². The van der Waals surface area contributed by atoms with Crippen LogP contribution in [0.2, 0.25) is 0 Å². The van der Waals surface area contributed by atoms with Gasteiger partial charge in [-0.15, -0.1) is 0 Å². The van der Waals surface area contributed by atoms with E-state index in [9.17, 15) is 4.79 Å². The van der Waals surface area contributed by atoms with E-state index >= 15 is 0 Å². The molecule has 128 valence electrons. The van der Waals surface area contributed by atoms with Gasteiger partial charge in [-0.1, -0.05) is 0 Å². The summed E-state index contributed by atoms with van der Waals surface area (Å²) in [7, 11) is 0. The van der Waals surface area contributed by atoms with Crippen LogP contribution < -0.4 is 0 Å². The van der Waals surface area contributed by atoms with E-state index in [1.165, 1.54) is 0 Å². The summed E-state index contributed by atoms with van der Waals surface area (Å²) in [5, 5.41) is 8.16. The van der Waals surface area contributed by atoms with Crippen molar-refractivity contribution in [3.05, 3.63) is 36.4 Å². The van der Waals surface area contributed by atoms with Crippen LogP contribution in [0, 0.1) is 0 Å². The molecule has 0 saturated carbocycles. The molecular formula is C18H19N5O2. The minimum absolute atomic E-state index is 0.0314. The average molecular weight is 337 g/mol. The van der Waals surface area contributed by atoms with E-state index in [2.05, 4.69) is 20.1 Å². The Morgan fingerprint density at radius 1 is 1.20 bits per heavy atom. The first-order chi connectivity index (χ1) is 12.3. The number of H-pyrrole nitrogens is 1. The van der Waals surface area contributed by atoms with Gasteiger partial charge in [0.1, 0.15) is 6.26 Å². The Balaban J connectivity index is 1.49. The predicted octanol–water partition coefficient (Wildman–Crippen LogP) is 2.14. The molecule has 2 aromatic heterocycles. The van der Waals surface area contributed by atoms with E-state index in [1.807, 2.05) is 23.1 Å². The fourth-order valence-electron chi connectivity index (χ4n) is 3.97. The van der Waals surface area contributed by atoms with Crippen LogP contribution in [0.3, 0.4) is 0 Å². The molecule has 5 heterocycles. The highest BCUT2D eigenvalue weighted by Crippen LogP contribution is 2.27. The second-order valence-electron chi connectivity index (χ2n) is 6.74. The maximum Gasteiger partial charge on any atom is 0.275 e. The third-order valence-electron chi connectivity index (χ3n) is 5.36. The van der Waals surface area contributed by atoms with Crippen molar-refractivity contribution in [1.82, 2.24) is 25.0 Å². The number of carbonyl (C=O) groups excluding carboxylic acids is 1. The Hall–Kier alpha value is -2.67. The largest absolute Gasteiger partial charge is 0.445 e. The molecular weight excluding hydrogens is 318 g/mol. The predicted molar refractivity (Wildman–Crippen MR) is 92.1 cm³/mol. The van der Waals surface area contributed by atoms with Crippen molar-refractivity contribution in [3.8, 4) is 11.5 Å². The monoisotopic (exact) mass is 337 g/mol. The molecule has 3 aliphatic rings. The molecule has 0 radical (unpaired) electrons. The van der Waals surface area contributed by atoms with Crippen molar-refractivity contribution in [2.75, 3.05) is 26.2 Å². The van der Waals surface area contributed by atoms with E-state index in [1.54, 1.807) is 12.5 Å². The molecule has 1 N–H and O–H groups in total. The lowest BCUT2D eigenvalue weighted by Crippen LogP contribution is -2.41. The first kappa shape index (κ1) is 14.7. The van der Waals surface area contributed by atoms with Gasteiger partial charge in [0.2, 0.25) is 5.89 Å². The summed E-state index contributed by atoms with van der Waals surface area (Å²) >= 11 is 0. The molecule has 3 fully saturated rings. The Labute approximate surface area is 144 Å². The van der Waals surface area contributed by atoms with Crippen LogP contribution >= 0.6 is 0 Å². The SMILES string of the molecule is O=C(c1n[nH]c2cc(-c3ncco3)ccc12)N1CCN2CCC1CC2. The summed E-state index contributed by atoms with van der Waals surface area (Å²) in [5.74, 6) is 0.590. The van der Waals surface area contributed by atoms with Crippen LogP contribution in [-0.2, 0) is 0 Å². The zero-order valence-corrected chi connectivity index (χ0v) is 13.8. The molecule has 7 heteroatoms. The third kappa shape index (κ3) is 2.42. The normalized spacial score (nSPS) is 23.1. The quantitative estimate of drug-likeness (QED) is 0.775. The Kier molecular flexibility index (Phi) is 3.34. The molecule has 1 amide bonds. The molecule has 0 spiro atoms. The number of nitrogens with one attached hydrogen (secondary N) is 1. The summed E-state index contributed by atoms with van der Waals surface area (Å²) in [4.78, 5) is 21.7. The maximum atomic E-state index is 13.1. The van der Waals surface area contributed by atoms with Gasteiger partial charge < -0.3 is 14.2 Å². The lowest BCUT2D eigenvalue weighted by molar-refractivity contribution is 0.0681. The molecule has 7 nitrogen and oxygen atoms in total. The van der Waals surface area contributed by atoms with Gasteiger partial charge in [0.15, 0.2) is 5.69 Å². The fraction of sp³-hybridized carbons (Fsp3) is 0.389. The van der Waals surface area contributed by atoms with E-state index in [-0.39, 0.29) is 5.91 Å². The fourth-order valence-corrected chi connectivity index (χ4v) is 3.97. The van der Waals surface area contributed by atoms with Gasteiger partial charge in [0, 0.05) is 43.2 Å². The highest BCUT2D eigenvalue weighted by atomic mass is 16.3. The molecule has 0 aliphatic carbocycles. The van der Waals surface area contributed by atoms with Crippen molar-refractivity contribution in [2.24, 2.45) is 0 Å². The van der Waals surface area contributed by atoms with E-state index in [0.717, 1.165) is 55.5 Å². The number of nitrogens with zero attached hydrogens (tertiary/aromatic N) is 4. The van der Waals surface area contributed by atoms with Gasteiger partial charge in [-0.25, -0.2) is 4.98 Å². The Morgan fingerprint density at radius 2 is 2.08 bits per heavy atom. The molecule has 1 aromatic carbocycles. The summed E-state index contributed by atoms with van der Waals surface area (Å²) in [6.45, 7) is 3.93. The molecule has 0 atom stereocenters. The lowest BCUT2D eigenvalue weighted by atomic mass is 10.0. The number of oxazole rings is 1. The maximum absolute atomic E-state index is 13.1. The zero-order chi connectivity index (χ0) is 16.8. The molecule has 0 unspecified atom stereocenters. The summed E-state index contributed by atoms with van der Waals surface area (Å²) < 4.78 is 5.34. The summed E-state index contributed by atoms with van der Waals surface area (Å²) in [6, 6.07) is 6.10. The second kappa shape index (κ2) is 5.70. The molecule has 25 heavy (non-hydrogen) atoms. The summed E-state index contributed by atoms with van der Waals surface area (Å²) in [5.41, 5.74) is 2.19. The molecule has 3 saturated heterocycles. The highest BCUT2D eigenvalue weighted by Gasteiger charge is 2.33. The number of hydrogen-bond acceptors (Lipinski definition) is 5. The van der Waals surface area contributed by atoms with Crippen LogP contribution in [0.4, 0.5) is 0 Å². The zero-order valence-electron chi connectivity index (χ0n) is 13.8. The topological polar surface area (TPSA) is 78.3 Å². The van der Waals surface area contributed by atoms with Gasteiger partial charge >= 0.3 is 0 Å². The Bertz CT molecular complexity index is 909. The smallest absolute Gasteiger partial charge is 0.275 e. The molecule has 3 aliphatic heterocycles. The number of aromatic amines is 1. The Morgan fingerprint density at radius 3 is 2.88 bits per heavy atom. The molecule has 2 bridgehead atoms. The minimum Gasteiger partial charge on any atom is -0.445 e. The van der Waals surface area contributed by atoms with Crippen LogP contribution in [-0.4, -0.2) is 63.1 Å². The van der Waals surface area contributed by atoms with Gasteiger partial charge in [-0.05, 0) is 31.0 Å². The molecule has 3 aromatic rings. The van der Waals surface area contributed by atoms with Crippen LogP contribution in [0.1, 0.15) is 23.3 Å². The van der Waals surface area contributed by atoms with Gasteiger partial charge in [-0.2, -0.15) is 5.10 Å². The molecule has 6 rings (SSSR count).